The Morgan fingerprint density at radius 3 is 2.43 bits per heavy atom. The van der Waals surface area contributed by atoms with E-state index in [4.69, 9.17) is 9.47 Å². The number of rotatable bonds is 4. The summed E-state index contributed by atoms with van der Waals surface area (Å²) in [6.07, 6.45) is 6.42. The van der Waals surface area contributed by atoms with Gasteiger partial charge in [0.2, 0.25) is 0 Å². The lowest BCUT2D eigenvalue weighted by Crippen LogP contribution is -2.31. The standard InChI is InChI=1S/C20H19N3O5/c1-13-21-12-17(24)23(13)15-8-6-7-14(11-15)22-10-5-4-9-16(19(25)27-2)18(22)20(26)28-3/h4-11H,12H2,1-3H3. The normalized spacial score (nSPS) is 16.2. The Morgan fingerprint density at radius 1 is 1.07 bits per heavy atom. The van der Waals surface area contributed by atoms with Gasteiger partial charge in [0.05, 0.1) is 25.5 Å². The first-order valence-corrected chi connectivity index (χ1v) is 8.47. The Kier molecular flexibility index (Phi) is 5.39. The highest BCUT2D eigenvalue weighted by Crippen LogP contribution is 2.30. The minimum absolute atomic E-state index is 0.00892. The number of anilines is 2. The summed E-state index contributed by atoms with van der Waals surface area (Å²) in [5.41, 5.74) is 1.23. The zero-order valence-corrected chi connectivity index (χ0v) is 15.7. The monoisotopic (exact) mass is 381 g/mol. The number of hydrogen-bond acceptors (Lipinski definition) is 7. The van der Waals surface area contributed by atoms with Gasteiger partial charge in [-0.15, -0.1) is 0 Å². The van der Waals surface area contributed by atoms with Gasteiger partial charge >= 0.3 is 11.9 Å². The van der Waals surface area contributed by atoms with Crippen LogP contribution in [0.1, 0.15) is 6.92 Å². The molecular formula is C20H19N3O5. The van der Waals surface area contributed by atoms with Crippen LogP contribution in [0.2, 0.25) is 0 Å². The average molecular weight is 381 g/mol. The molecule has 1 aromatic carbocycles. The topological polar surface area (TPSA) is 88.5 Å². The molecule has 0 fully saturated rings. The first kappa shape index (κ1) is 19.1. The predicted octanol–water partition coefficient (Wildman–Crippen LogP) is 1.94. The summed E-state index contributed by atoms with van der Waals surface area (Å²) in [6, 6.07) is 7.01. The second-order valence-corrected chi connectivity index (χ2v) is 5.93. The quantitative estimate of drug-likeness (QED) is 0.741. The first-order chi connectivity index (χ1) is 13.5. The third-order valence-corrected chi connectivity index (χ3v) is 4.27. The number of carbonyl (C=O) groups is 3. The van der Waals surface area contributed by atoms with Crippen molar-refractivity contribution >= 4 is 35.1 Å². The van der Waals surface area contributed by atoms with Crippen LogP contribution in [0.5, 0.6) is 0 Å². The van der Waals surface area contributed by atoms with E-state index in [9.17, 15) is 14.4 Å². The highest BCUT2D eigenvalue weighted by molar-refractivity contribution is 6.20. The highest BCUT2D eigenvalue weighted by Gasteiger charge is 2.29. The van der Waals surface area contributed by atoms with E-state index in [1.807, 2.05) is 0 Å². The molecule has 1 amide bonds. The van der Waals surface area contributed by atoms with Gasteiger partial charge in [0.15, 0.2) is 0 Å². The zero-order valence-electron chi connectivity index (χ0n) is 15.7. The summed E-state index contributed by atoms with van der Waals surface area (Å²) in [6.45, 7) is 1.85. The van der Waals surface area contributed by atoms with Crippen LogP contribution in [0.3, 0.4) is 0 Å². The van der Waals surface area contributed by atoms with E-state index in [2.05, 4.69) is 4.99 Å². The van der Waals surface area contributed by atoms with Crippen molar-refractivity contribution < 1.29 is 23.9 Å². The minimum atomic E-state index is -0.697. The average Bonchev–Trinajstić information content (AvgIpc) is 2.92. The number of aliphatic imine (C=N–C) groups is 1. The van der Waals surface area contributed by atoms with Gasteiger partial charge in [-0.2, -0.15) is 0 Å². The molecule has 28 heavy (non-hydrogen) atoms. The van der Waals surface area contributed by atoms with Crippen molar-refractivity contribution in [3.63, 3.8) is 0 Å². The molecule has 2 aliphatic rings. The third-order valence-electron chi connectivity index (χ3n) is 4.27. The molecule has 0 N–H and O–H groups in total. The molecule has 2 aliphatic heterocycles. The molecule has 0 radical (unpaired) electrons. The minimum Gasteiger partial charge on any atom is -0.465 e. The van der Waals surface area contributed by atoms with Crippen LogP contribution in [-0.4, -0.2) is 44.4 Å². The van der Waals surface area contributed by atoms with E-state index in [0.717, 1.165) is 0 Å². The molecule has 0 aliphatic carbocycles. The fourth-order valence-electron chi connectivity index (χ4n) is 2.98. The van der Waals surface area contributed by atoms with E-state index in [0.29, 0.717) is 17.2 Å². The molecule has 1 aromatic rings. The molecule has 8 nitrogen and oxygen atoms in total. The number of allylic oxidation sites excluding steroid dienone is 2. The predicted molar refractivity (Wildman–Crippen MR) is 104 cm³/mol. The number of esters is 2. The largest absolute Gasteiger partial charge is 0.465 e. The van der Waals surface area contributed by atoms with Crippen LogP contribution in [0.4, 0.5) is 11.4 Å². The van der Waals surface area contributed by atoms with Gasteiger partial charge in [0, 0.05) is 11.9 Å². The Labute approximate surface area is 162 Å². The first-order valence-electron chi connectivity index (χ1n) is 8.47. The number of carbonyl (C=O) groups excluding carboxylic acids is 3. The van der Waals surface area contributed by atoms with E-state index in [1.165, 1.54) is 30.1 Å². The number of methoxy groups -OCH3 is 2. The van der Waals surface area contributed by atoms with Crippen LogP contribution in [0.25, 0.3) is 0 Å². The van der Waals surface area contributed by atoms with Crippen molar-refractivity contribution in [2.24, 2.45) is 4.99 Å². The van der Waals surface area contributed by atoms with Gasteiger partial charge in [-0.3, -0.25) is 14.7 Å². The summed E-state index contributed by atoms with van der Waals surface area (Å²) < 4.78 is 9.70. The van der Waals surface area contributed by atoms with E-state index in [1.54, 1.807) is 49.5 Å². The van der Waals surface area contributed by atoms with Crippen molar-refractivity contribution in [1.82, 2.24) is 0 Å². The lowest BCUT2D eigenvalue weighted by Gasteiger charge is -2.25. The van der Waals surface area contributed by atoms with Crippen molar-refractivity contribution in [2.45, 2.75) is 6.92 Å². The molecule has 144 valence electrons. The molecule has 3 rings (SSSR count). The number of amidine groups is 1. The van der Waals surface area contributed by atoms with Crippen molar-refractivity contribution in [1.29, 1.82) is 0 Å². The fraction of sp³-hybridized carbons (Fsp3) is 0.200. The number of ether oxygens (including phenoxy) is 2. The summed E-state index contributed by atoms with van der Waals surface area (Å²) in [5.74, 6) is -0.910. The SMILES string of the molecule is COC(=O)C1=C(C(=O)OC)N(c2cccc(N3C(=O)CN=C3C)c2)C=CC=C1. The number of hydrogen-bond donors (Lipinski definition) is 0. The summed E-state index contributed by atoms with van der Waals surface area (Å²) in [4.78, 5) is 44.1. The molecule has 0 aromatic heterocycles. The molecule has 0 spiro atoms. The number of amides is 1. The molecular weight excluding hydrogens is 362 g/mol. The van der Waals surface area contributed by atoms with Gasteiger partial charge in [-0.1, -0.05) is 12.1 Å². The van der Waals surface area contributed by atoms with E-state index >= 15 is 0 Å². The maximum absolute atomic E-state index is 12.5. The molecule has 0 saturated heterocycles. The Balaban J connectivity index is 2.12. The second-order valence-electron chi connectivity index (χ2n) is 5.93. The maximum atomic E-state index is 12.5. The molecule has 0 bridgehead atoms. The second kappa shape index (κ2) is 7.91. The van der Waals surface area contributed by atoms with Crippen molar-refractivity contribution in [2.75, 3.05) is 30.6 Å². The molecule has 0 unspecified atom stereocenters. The number of benzene rings is 1. The molecule has 0 saturated carbocycles. The lowest BCUT2D eigenvalue weighted by molar-refractivity contribution is -0.139. The van der Waals surface area contributed by atoms with Gasteiger partial charge in [0.1, 0.15) is 18.1 Å². The van der Waals surface area contributed by atoms with Gasteiger partial charge in [-0.05, 0) is 37.3 Å². The van der Waals surface area contributed by atoms with Crippen LogP contribution in [-0.2, 0) is 23.9 Å². The third kappa shape index (κ3) is 3.44. The lowest BCUT2D eigenvalue weighted by atomic mass is 10.1. The van der Waals surface area contributed by atoms with Crippen molar-refractivity contribution in [3.05, 3.63) is 60.0 Å². The molecule has 0 atom stereocenters. The summed E-state index contributed by atoms with van der Waals surface area (Å²) in [7, 11) is 2.47. The molecule has 8 heteroatoms. The van der Waals surface area contributed by atoms with Crippen LogP contribution in [0.15, 0.2) is 65.0 Å². The Bertz CT molecular complexity index is 958. The maximum Gasteiger partial charge on any atom is 0.355 e. The number of nitrogens with zero attached hydrogens (tertiary/aromatic N) is 3. The molecule has 2 heterocycles. The zero-order chi connectivity index (χ0) is 20.3. The fourth-order valence-corrected chi connectivity index (χ4v) is 2.98. The van der Waals surface area contributed by atoms with Crippen LogP contribution in [0, 0.1) is 0 Å². The smallest absolute Gasteiger partial charge is 0.355 e. The van der Waals surface area contributed by atoms with Gasteiger partial charge in [-0.25, -0.2) is 9.59 Å². The Morgan fingerprint density at radius 2 is 1.79 bits per heavy atom. The summed E-state index contributed by atoms with van der Waals surface area (Å²) in [5, 5.41) is 0. The van der Waals surface area contributed by atoms with Crippen LogP contribution >= 0.6 is 0 Å². The Hall–Kier alpha value is -3.68. The van der Waals surface area contributed by atoms with E-state index in [-0.39, 0.29) is 23.7 Å². The van der Waals surface area contributed by atoms with Crippen LogP contribution < -0.4 is 9.80 Å². The summed E-state index contributed by atoms with van der Waals surface area (Å²) >= 11 is 0. The van der Waals surface area contributed by atoms with Gasteiger partial charge < -0.3 is 14.4 Å². The van der Waals surface area contributed by atoms with E-state index < -0.39 is 11.9 Å². The van der Waals surface area contributed by atoms with Gasteiger partial charge in [0.25, 0.3) is 5.91 Å². The highest BCUT2D eigenvalue weighted by atomic mass is 16.5. The van der Waals surface area contributed by atoms with Crippen molar-refractivity contribution in [3.8, 4) is 0 Å².